The van der Waals surface area contributed by atoms with Crippen LogP contribution >= 0.6 is 12.2 Å². The lowest BCUT2D eigenvalue weighted by atomic mass is 9.47. The molecule has 0 radical (unpaired) electrons. The molecule has 26 heavy (non-hydrogen) atoms. The maximum atomic E-state index is 5.71. The zero-order valence-corrected chi connectivity index (χ0v) is 16.9. The van der Waals surface area contributed by atoms with Gasteiger partial charge >= 0.3 is 0 Å². The van der Waals surface area contributed by atoms with E-state index in [1.807, 2.05) is 24.3 Å². The van der Waals surface area contributed by atoms with Crippen molar-refractivity contribution in [1.29, 1.82) is 0 Å². The first kappa shape index (κ1) is 18.1. The van der Waals surface area contributed by atoms with E-state index >= 15 is 0 Å². The van der Waals surface area contributed by atoms with Crippen LogP contribution in [0, 0.1) is 23.2 Å². The summed E-state index contributed by atoms with van der Waals surface area (Å²) in [5, 5.41) is 7.86. The summed E-state index contributed by atoms with van der Waals surface area (Å²) >= 11 is 5.71. The second-order valence-corrected chi connectivity index (χ2v) is 9.33. The topological polar surface area (TPSA) is 33.3 Å². The van der Waals surface area contributed by atoms with Crippen molar-refractivity contribution in [3.63, 3.8) is 0 Å². The monoisotopic (exact) mass is 372 g/mol. The van der Waals surface area contributed by atoms with Crippen LogP contribution in [0.4, 0.5) is 5.69 Å². The second kappa shape index (κ2) is 7.38. The highest BCUT2D eigenvalue weighted by molar-refractivity contribution is 7.80. The van der Waals surface area contributed by atoms with Crippen LogP contribution in [-0.4, -0.2) is 18.3 Å². The molecule has 4 fully saturated rings. The molecule has 0 spiro atoms. The molecular formula is C22H32N2OS. The molecule has 1 aromatic rings. The number of nitrogens with one attached hydrogen (secondary N) is 2. The lowest BCUT2D eigenvalue weighted by molar-refractivity contribution is -0.0718. The molecule has 1 aromatic carbocycles. The molecule has 142 valence electrons. The van der Waals surface area contributed by atoms with Gasteiger partial charge in [-0.25, -0.2) is 0 Å². The Balaban J connectivity index is 1.48. The third-order valence-electron chi connectivity index (χ3n) is 7.06. The largest absolute Gasteiger partial charge is 0.495 e. The van der Waals surface area contributed by atoms with Crippen LogP contribution < -0.4 is 15.4 Å². The highest BCUT2D eigenvalue weighted by Crippen LogP contribution is 2.61. The van der Waals surface area contributed by atoms with Crippen LogP contribution in [0.1, 0.15) is 58.3 Å². The second-order valence-electron chi connectivity index (χ2n) is 8.92. The standard InChI is InChI=1S/C22H32N2OS/c1-3-6-20(22-12-15-9-16(13-22)11-17(10-15)14-22)24-21(26)23-18-7-4-5-8-19(18)25-2/h4-5,7-8,15-17,20H,3,6,9-14H2,1-2H3,(H2,23,24,26). The van der Waals surface area contributed by atoms with Crippen molar-refractivity contribution in [2.75, 3.05) is 12.4 Å². The van der Waals surface area contributed by atoms with Crippen molar-refractivity contribution in [2.24, 2.45) is 23.2 Å². The van der Waals surface area contributed by atoms with Crippen molar-refractivity contribution >= 4 is 23.0 Å². The highest BCUT2D eigenvalue weighted by atomic mass is 32.1. The number of hydrogen-bond donors (Lipinski definition) is 2. The smallest absolute Gasteiger partial charge is 0.171 e. The number of rotatable bonds is 6. The van der Waals surface area contributed by atoms with E-state index in [0.717, 1.165) is 34.3 Å². The van der Waals surface area contributed by atoms with Crippen LogP contribution in [0.25, 0.3) is 0 Å². The van der Waals surface area contributed by atoms with E-state index in [4.69, 9.17) is 17.0 Å². The summed E-state index contributed by atoms with van der Waals surface area (Å²) in [6.45, 7) is 2.30. The van der Waals surface area contributed by atoms with Gasteiger partial charge in [-0.3, -0.25) is 0 Å². The predicted octanol–water partition coefficient (Wildman–Crippen LogP) is 5.37. The number of hydrogen-bond acceptors (Lipinski definition) is 2. The first-order chi connectivity index (χ1) is 12.6. The highest BCUT2D eigenvalue weighted by Gasteiger charge is 2.54. The quantitative estimate of drug-likeness (QED) is 0.658. The molecule has 4 saturated carbocycles. The first-order valence-electron chi connectivity index (χ1n) is 10.3. The zero-order chi connectivity index (χ0) is 18.1. The maximum Gasteiger partial charge on any atom is 0.171 e. The number of methoxy groups -OCH3 is 1. The molecule has 1 atom stereocenters. The molecule has 4 aliphatic carbocycles. The van der Waals surface area contributed by atoms with Gasteiger partial charge in [0.2, 0.25) is 0 Å². The number of thiocarbonyl (C=S) groups is 1. The van der Waals surface area contributed by atoms with Gasteiger partial charge < -0.3 is 15.4 Å². The van der Waals surface area contributed by atoms with Crippen LogP contribution in [0.15, 0.2) is 24.3 Å². The minimum atomic E-state index is 0.470. The van der Waals surface area contributed by atoms with Gasteiger partial charge in [0.15, 0.2) is 5.11 Å². The Kier molecular flexibility index (Phi) is 5.13. The van der Waals surface area contributed by atoms with Crippen LogP contribution in [0.3, 0.4) is 0 Å². The molecule has 4 bridgehead atoms. The molecule has 1 unspecified atom stereocenters. The maximum absolute atomic E-state index is 5.71. The summed E-state index contributed by atoms with van der Waals surface area (Å²) in [6.07, 6.45) is 11.1. The summed E-state index contributed by atoms with van der Waals surface area (Å²) in [5.74, 6) is 3.74. The minimum Gasteiger partial charge on any atom is -0.495 e. The lowest BCUT2D eigenvalue weighted by Crippen LogP contribution is -2.57. The Morgan fingerprint density at radius 2 is 1.77 bits per heavy atom. The van der Waals surface area contributed by atoms with Crippen LogP contribution in [0.2, 0.25) is 0 Å². The lowest BCUT2D eigenvalue weighted by Gasteiger charge is -2.59. The Bertz CT molecular complexity index is 624. The molecule has 3 nitrogen and oxygen atoms in total. The van der Waals surface area contributed by atoms with Gasteiger partial charge in [-0.05, 0) is 92.5 Å². The third-order valence-corrected chi connectivity index (χ3v) is 7.28. The van der Waals surface area contributed by atoms with Crippen molar-refractivity contribution in [3.05, 3.63) is 24.3 Å². The van der Waals surface area contributed by atoms with Gasteiger partial charge in [-0.1, -0.05) is 25.5 Å². The van der Waals surface area contributed by atoms with E-state index in [1.54, 1.807) is 7.11 Å². The molecule has 0 saturated heterocycles. The summed E-state index contributed by atoms with van der Waals surface area (Å²) in [4.78, 5) is 0. The van der Waals surface area contributed by atoms with Crippen molar-refractivity contribution in [1.82, 2.24) is 5.32 Å². The average Bonchev–Trinajstić information content (AvgIpc) is 2.60. The Labute approximate surface area is 163 Å². The molecule has 0 amide bonds. The number of ether oxygens (including phenoxy) is 1. The summed E-state index contributed by atoms with van der Waals surface area (Å²) in [6, 6.07) is 8.47. The molecule has 4 aliphatic rings. The van der Waals surface area contributed by atoms with Gasteiger partial charge in [0.1, 0.15) is 5.75 Å². The Morgan fingerprint density at radius 1 is 1.15 bits per heavy atom. The van der Waals surface area contributed by atoms with E-state index < -0.39 is 0 Å². The molecule has 2 N–H and O–H groups in total. The first-order valence-corrected chi connectivity index (χ1v) is 10.7. The number of para-hydroxylation sites is 2. The Hall–Kier alpha value is -1.29. The molecule has 0 aromatic heterocycles. The van der Waals surface area contributed by atoms with Gasteiger partial charge in [0, 0.05) is 6.04 Å². The fraction of sp³-hybridized carbons (Fsp3) is 0.682. The van der Waals surface area contributed by atoms with Crippen LogP contribution in [0.5, 0.6) is 5.75 Å². The minimum absolute atomic E-state index is 0.470. The van der Waals surface area contributed by atoms with E-state index in [9.17, 15) is 0 Å². The molecule has 0 heterocycles. The van der Waals surface area contributed by atoms with E-state index in [-0.39, 0.29) is 0 Å². The summed E-state index contributed by atoms with van der Waals surface area (Å²) < 4.78 is 5.45. The van der Waals surface area contributed by atoms with Gasteiger partial charge in [0.25, 0.3) is 0 Å². The fourth-order valence-electron chi connectivity index (χ4n) is 6.49. The van der Waals surface area contributed by atoms with E-state index in [0.29, 0.717) is 11.5 Å². The summed E-state index contributed by atoms with van der Waals surface area (Å²) in [5.41, 5.74) is 1.41. The third kappa shape index (κ3) is 3.45. The van der Waals surface area contributed by atoms with Gasteiger partial charge in [-0.2, -0.15) is 0 Å². The molecule has 0 aliphatic heterocycles. The normalized spacial score (nSPS) is 32.9. The predicted molar refractivity (Wildman–Crippen MR) is 112 cm³/mol. The SMILES string of the molecule is CCCC(NC(=S)Nc1ccccc1OC)C12CC3CC(CC(C3)C1)C2. The zero-order valence-electron chi connectivity index (χ0n) is 16.1. The average molecular weight is 373 g/mol. The van der Waals surface area contributed by atoms with E-state index in [2.05, 4.69) is 17.6 Å². The molecule has 4 heteroatoms. The van der Waals surface area contributed by atoms with Gasteiger partial charge in [-0.15, -0.1) is 0 Å². The number of anilines is 1. The number of benzene rings is 1. The fourth-order valence-corrected chi connectivity index (χ4v) is 6.74. The van der Waals surface area contributed by atoms with Crippen molar-refractivity contribution in [3.8, 4) is 5.75 Å². The van der Waals surface area contributed by atoms with Crippen molar-refractivity contribution in [2.45, 2.75) is 64.3 Å². The Morgan fingerprint density at radius 3 is 2.35 bits per heavy atom. The molecule has 5 rings (SSSR count). The summed E-state index contributed by atoms with van der Waals surface area (Å²) in [7, 11) is 1.70. The molecular weight excluding hydrogens is 340 g/mol. The van der Waals surface area contributed by atoms with Gasteiger partial charge in [0.05, 0.1) is 12.8 Å². The van der Waals surface area contributed by atoms with Crippen molar-refractivity contribution < 1.29 is 4.74 Å². The van der Waals surface area contributed by atoms with Crippen LogP contribution in [-0.2, 0) is 0 Å². The van der Waals surface area contributed by atoms with E-state index in [1.165, 1.54) is 51.4 Å².